The van der Waals surface area contributed by atoms with Gasteiger partial charge >= 0.3 is 5.97 Å². The third-order valence-corrected chi connectivity index (χ3v) is 5.88. The van der Waals surface area contributed by atoms with Gasteiger partial charge in [-0.2, -0.15) is 5.10 Å². The molecule has 5 rings (SSSR count). The highest BCUT2D eigenvalue weighted by Gasteiger charge is 2.22. The van der Waals surface area contributed by atoms with Gasteiger partial charge in [0, 0.05) is 23.5 Å². The average Bonchev–Trinajstić information content (AvgIpc) is 3.42. The number of pyridine rings is 1. The third kappa shape index (κ3) is 3.68. The highest BCUT2D eigenvalue weighted by atomic mass is 19.1. The average molecular weight is 431 g/mol. The summed E-state index contributed by atoms with van der Waals surface area (Å²) in [6, 6.07) is 11.4. The van der Waals surface area contributed by atoms with E-state index in [1.807, 2.05) is 0 Å². The standard InChI is InChI=1S/C24H22FN5O2/c1-14-12-16(23(31)32)13-20-21(22(29-30(14)20)15-6-8-17(25)9-7-15)19-10-11-26-24(28-19)27-18-4-2-3-5-18/h6-13,18H,2-5H2,1H3,(H,31,32)(H,26,27,28). The fraction of sp³-hybridized carbons (Fsp3) is 0.250. The van der Waals surface area contributed by atoms with E-state index >= 15 is 0 Å². The second-order valence-corrected chi connectivity index (χ2v) is 8.11. The van der Waals surface area contributed by atoms with Crippen molar-refractivity contribution in [3.8, 4) is 22.5 Å². The zero-order chi connectivity index (χ0) is 22.2. The van der Waals surface area contributed by atoms with Crippen LogP contribution in [0, 0.1) is 12.7 Å². The molecule has 2 N–H and O–H groups in total. The summed E-state index contributed by atoms with van der Waals surface area (Å²) in [6.07, 6.45) is 6.25. The molecule has 1 aliphatic rings. The number of nitrogens with one attached hydrogen (secondary N) is 1. The predicted molar refractivity (Wildman–Crippen MR) is 119 cm³/mol. The number of rotatable bonds is 5. The Morgan fingerprint density at radius 3 is 2.62 bits per heavy atom. The number of hydrogen-bond donors (Lipinski definition) is 2. The van der Waals surface area contributed by atoms with Gasteiger partial charge < -0.3 is 10.4 Å². The van der Waals surface area contributed by atoms with Crippen LogP contribution in [0.25, 0.3) is 28.0 Å². The van der Waals surface area contributed by atoms with Crippen LogP contribution in [-0.4, -0.2) is 36.7 Å². The Labute approximate surface area is 184 Å². The summed E-state index contributed by atoms with van der Waals surface area (Å²) >= 11 is 0. The first-order valence-corrected chi connectivity index (χ1v) is 10.6. The first-order chi connectivity index (χ1) is 15.5. The summed E-state index contributed by atoms with van der Waals surface area (Å²) in [7, 11) is 0. The van der Waals surface area contributed by atoms with Gasteiger partial charge in [-0.3, -0.25) is 0 Å². The maximum absolute atomic E-state index is 13.6. The number of aromatic nitrogens is 4. The lowest BCUT2D eigenvalue weighted by Crippen LogP contribution is -2.16. The second kappa shape index (κ2) is 8.03. The maximum Gasteiger partial charge on any atom is 0.335 e. The van der Waals surface area contributed by atoms with Crippen LogP contribution >= 0.6 is 0 Å². The molecule has 1 aliphatic carbocycles. The van der Waals surface area contributed by atoms with Crippen molar-refractivity contribution in [3.05, 3.63) is 65.7 Å². The van der Waals surface area contributed by atoms with E-state index in [0.717, 1.165) is 12.8 Å². The minimum absolute atomic E-state index is 0.167. The van der Waals surface area contributed by atoms with E-state index in [2.05, 4.69) is 10.3 Å². The van der Waals surface area contributed by atoms with Gasteiger partial charge in [-0.1, -0.05) is 12.8 Å². The zero-order valence-corrected chi connectivity index (χ0v) is 17.5. The van der Waals surface area contributed by atoms with Gasteiger partial charge in [-0.25, -0.2) is 23.7 Å². The molecule has 7 nitrogen and oxygen atoms in total. The third-order valence-electron chi connectivity index (χ3n) is 5.88. The largest absolute Gasteiger partial charge is 0.478 e. The SMILES string of the molecule is Cc1cc(C(=O)O)cc2c(-c3ccnc(NC4CCCC4)n3)c(-c3ccc(F)cc3)nn12. The summed E-state index contributed by atoms with van der Waals surface area (Å²) in [5, 5.41) is 17.7. The molecular weight excluding hydrogens is 409 g/mol. The van der Waals surface area contributed by atoms with Gasteiger partial charge in [0.25, 0.3) is 0 Å². The smallest absolute Gasteiger partial charge is 0.335 e. The summed E-state index contributed by atoms with van der Waals surface area (Å²) in [4.78, 5) is 20.8. The fourth-order valence-corrected chi connectivity index (χ4v) is 4.31. The van der Waals surface area contributed by atoms with Crippen LogP contribution in [0.1, 0.15) is 41.7 Å². The number of carboxylic acids is 1. The Kier molecular flexibility index (Phi) is 5.05. The van der Waals surface area contributed by atoms with Crippen molar-refractivity contribution in [2.75, 3.05) is 5.32 Å². The van der Waals surface area contributed by atoms with Crippen LogP contribution in [0.15, 0.2) is 48.7 Å². The van der Waals surface area contributed by atoms with Gasteiger partial charge in [0.1, 0.15) is 11.5 Å². The lowest BCUT2D eigenvalue weighted by Gasteiger charge is -2.12. The highest BCUT2D eigenvalue weighted by molar-refractivity contribution is 5.95. The Bertz CT molecular complexity index is 1310. The zero-order valence-electron chi connectivity index (χ0n) is 17.5. The molecular formula is C24H22FN5O2. The number of aryl methyl sites for hydroxylation is 1. The number of carbonyl (C=O) groups is 1. The maximum atomic E-state index is 13.6. The first-order valence-electron chi connectivity index (χ1n) is 10.6. The normalized spacial score (nSPS) is 14.2. The van der Waals surface area contributed by atoms with Crippen LogP contribution in [0.5, 0.6) is 0 Å². The molecule has 8 heteroatoms. The molecule has 0 radical (unpaired) electrons. The molecule has 162 valence electrons. The summed E-state index contributed by atoms with van der Waals surface area (Å²) in [6.45, 7) is 1.80. The molecule has 3 heterocycles. The quantitative estimate of drug-likeness (QED) is 0.464. The molecule has 1 aromatic carbocycles. The van der Waals surface area contributed by atoms with Crippen LogP contribution < -0.4 is 5.32 Å². The summed E-state index contributed by atoms with van der Waals surface area (Å²) in [5.74, 6) is -0.823. The molecule has 0 saturated heterocycles. The van der Waals surface area contributed by atoms with E-state index in [4.69, 9.17) is 10.1 Å². The Morgan fingerprint density at radius 1 is 1.16 bits per heavy atom. The van der Waals surface area contributed by atoms with E-state index < -0.39 is 5.97 Å². The minimum Gasteiger partial charge on any atom is -0.478 e. The van der Waals surface area contributed by atoms with E-state index in [9.17, 15) is 14.3 Å². The molecule has 0 amide bonds. The molecule has 0 aliphatic heterocycles. The van der Waals surface area contributed by atoms with Crippen molar-refractivity contribution in [3.63, 3.8) is 0 Å². The molecule has 0 atom stereocenters. The summed E-state index contributed by atoms with van der Waals surface area (Å²) in [5.41, 5.74) is 4.07. The Balaban J connectivity index is 1.71. The number of aromatic carboxylic acids is 1. The number of nitrogens with zero attached hydrogens (tertiary/aromatic N) is 4. The Morgan fingerprint density at radius 2 is 1.91 bits per heavy atom. The topological polar surface area (TPSA) is 92.4 Å². The number of carboxylic acid groups (broad SMARTS) is 1. The van der Waals surface area contributed by atoms with Crippen molar-refractivity contribution in [2.45, 2.75) is 38.6 Å². The van der Waals surface area contributed by atoms with Crippen LogP contribution in [0.3, 0.4) is 0 Å². The number of benzene rings is 1. The van der Waals surface area contributed by atoms with E-state index in [1.54, 1.807) is 48.0 Å². The first kappa shape index (κ1) is 20.1. The second-order valence-electron chi connectivity index (χ2n) is 8.11. The molecule has 3 aromatic heterocycles. The molecule has 32 heavy (non-hydrogen) atoms. The number of hydrogen-bond acceptors (Lipinski definition) is 5. The number of halogens is 1. The van der Waals surface area contributed by atoms with Crippen molar-refractivity contribution in [1.29, 1.82) is 0 Å². The molecule has 0 bridgehead atoms. The predicted octanol–water partition coefficient (Wildman–Crippen LogP) is 4.96. The van der Waals surface area contributed by atoms with E-state index in [1.165, 1.54) is 25.0 Å². The molecule has 1 fully saturated rings. The van der Waals surface area contributed by atoms with Gasteiger partial charge in [0.15, 0.2) is 0 Å². The number of anilines is 1. The van der Waals surface area contributed by atoms with Crippen LogP contribution in [0.4, 0.5) is 10.3 Å². The Hall–Kier alpha value is -3.81. The van der Waals surface area contributed by atoms with E-state index in [0.29, 0.717) is 45.7 Å². The van der Waals surface area contributed by atoms with Gasteiger partial charge in [0.2, 0.25) is 5.95 Å². The van der Waals surface area contributed by atoms with Gasteiger partial charge in [0.05, 0.1) is 22.3 Å². The van der Waals surface area contributed by atoms with E-state index in [-0.39, 0.29) is 11.4 Å². The monoisotopic (exact) mass is 431 g/mol. The summed E-state index contributed by atoms with van der Waals surface area (Å²) < 4.78 is 15.3. The van der Waals surface area contributed by atoms with Crippen molar-refractivity contribution in [1.82, 2.24) is 19.6 Å². The molecule has 1 saturated carbocycles. The number of fused-ring (bicyclic) bond motifs is 1. The fourth-order valence-electron chi connectivity index (χ4n) is 4.31. The van der Waals surface area contributed by atoms with Crippen LogP contribution in [-0.2, 0) is 0 Å². The molecule has 0 unspecified atom stereocenters. The lowest BCUT2D eigenvalue weighted by atomic mass is 10.0. The van der Waals surface area contributed by atoms with Crippen molar-refractivity contribution in [2.24, 2.45) is 0 Å². The van der Waals surface area contributed by atoms with Crippen molar-refractivity contribution < 1.29 is 14.3 Å². The lowest BCUT2D eigenvalue weighted by molar-refractivity contribution is 0.0696. The van der Waals surface area contributed by atoms with Gasteiger partial charge in [-0.15, -0.1) is 0 Å². The van der Waals surface area contributed by atoms with Crippen molar-refractivity contribution >= 4 is 17.4 Å². The molecule has 0 spiro atoms. The minimum atomic E-state index is -1.02. The molecule has 4 aromatic rings. The van der Waals surface area contributed by atoms with Crippen LogP contribution in [0.2, 0.25) is 0 Å². The highest BCUT2D eigenvalue weighted by Crippen LogP contribution is 2.35. The van der Waals surface area contributed by atoms with Gasteiger partial charge in [-0.05, 0) is 62.2 Å².